The Bertz CT molecular complexity index is 1130. The van der Waals surface area contributed by atoms with E-state index in [1.165, 1.54) is 6.07 Å². The number of rotatable bonds is 7. The number of hydrogen-bond donors (Lipinski definition) is 1. The molecule has 2 N–H and O–H groups in total. The molecule has 3 heterocycles. The zero-order valence-electron chi connectivity index (χ0n) is 16.2. The van der Waals surface area contributed by atoms with E-state index in [1.54, 1.807) is 44.2 Å². The molecule has 3 aromatic heterocycles. The van der Waals surface area contributed by atoms with Gasteiger partial charge in [-0.05, 0) is 24.6 Å². The van der Waals surface area contributed by atoms with Gasteiger partial charge in [-0.15, -0.1) is 0 Å². The summed E-state index contributed by atoms with van der Waals surface area (Å²) in [6.45, 7) is 0.532. The largest absolute Gasteiger partial charge is 0.398 e. The number of pyridine rings is 1. The zero-order valence-corrected chi connectivity index (χ0v) is 17.0. The molecule has 0 saturated carbocycles. The predicted molar refractivity (Wildman–Crippen MR) is 113 cm³/mol. The number of ether oxygens (including phenoxy) is 1. The van der Waals surface area contributed by atoms with E-state index in [9.17, 15) is 4.39 Å². The summed E-state index contributed by atoms with van der Waals surface area (Å²) in [6.07, 6.45) is 11.2. The van der Waals surface area contributed by atoms with Crippen molar-refractivity contribution in [2.24, 2.45) is 0 Å². The van der Waals surface area contributed by atoms with Crippen molar-refractivity contribution in [1.82, 2.24) is 24.3 Å². The molecule has 0 amide bonds. The van der Waals surface area contributed by atoms with Crippen molar-refractivity contribution in [2.45, 2.75) is 12.5 Å². The van der Waals surface area contributed by atoms with Crippen LogP contribution in [0.1, 0.15) is 18.2 Å². The fourth-order valence-corrected chi connectivity index (χ4v) is 3.46. The Balaban J connectivity index is 1.67. The molecule has 1 atom stereocenters. The normalized spacial score (nSPS) is 12.2. The van der Waals surface area contributed by atoms with E-state index < -0.39 is 5.82 Å². The Hall–Kier alpha value is -3.23. The maximum absolute atomic E-state index is 14.5. The maximum Gasteiger partial charge on any atom is 0.151 e. The van der Waals surface area contributed by atoms with Crippen LogP contribution < -0.4 is 5.73 Å². The van der Waals surface area contributed by atoms with Gasteiger partial charge in [-0.2, -0.15) is 5.10 Å². The van der Waals surface area contributed by atoms with Gasteiger partial charge in [0.25, 0.3) is 0 Å². The third kappa shape index (κ3) is 3.92. The zero-order chi connectivity index (χ0) is 21.1. The summed E-state index contributed by atoms with van der Waals surface area (Å²) in [5.41, 5.74) is 8.73. The van der Waals surface area contributed by atoms with E-state index in [4.69, 9.17) is 22.1 Å². The first-order valence-corrected chi connectivity index (χ1v) is 9.67. The quantitative estimate of drug-likeness (QED) is 0.449. The van der Waals surface area contributed by atoms with Gasteiger partial charge >= 0.3 is 0 Å². The van der Waals surface area contributed by atoms with Gasteiger partial charge in [0.2, 0.25) is 0 Å². The average molecular weight is 427 g/mol. The first kappa shape index (κ1) is 20.1. The number of benzene rings is 1. The first-order valence-electron chi connectivity index (χ1n) is 9.29. The van der Waals surface area contributed by atoms with Crippen molar-refractivity contribution >= 4 is 17.3 Å². The maximum atomic E-state index is 14.5. The summed E-state index contributed by atoms with van der Waals surface area (Å²) in [7, 11) is 1.65. The molecule has 4 aromatic rings. The van der Waals surface area contributed by atoms with Gasteiger partial charge in [-0.1, -0.05) is 17.7 Å². The molecule has 0 saturated heterocycles. The van der Waals surface area contributed by atoms with Crippen LogP contribution in [0.5, 0.6) is 0 Å². The molecule has 1 aromatic carbocycles. The molecule has 0 aliphatic rings. The molecule has 0 spiro atoms. The Morgan fingerprint density at radius 2 is 2.10 bits per heavy atom. The molecule has 0 aliphatic carbocycles. The van der Waals surface area contributed by atoms with Crippen molar-refractivity contribution in [1.29, 1.82) is 0 Å². The first-order chi connectivity index (χ1) is 14.6. The van der Waals surface area contributed by atoms with Crippen molar-refractivity contribution in [3.63, 3.8) is 0 Å². The van der Waals surface area contributed by atoms with Gasteiger partial charge in [0.15, 0.2) is 5.82 Å². The lowest BCUT2D eigenvalue weighted by atomic mass is 10.0. The van der Waals surface area contributed by atoms with Crippen LogP contribution in [0.25, 0.3) is 16.8 Å². The Labute approximate surface area is 177 Å². The van der Waals surface area contributed by atoms with Crippen LogP contribution >= 0.6 is 11.6 Å². The minimum Gasteiger partial charge on any atom is -0.398 e. The highest BCUT2D eigenvalue weighted by atomic mass is 35.5. The van der Waals surface area contributed by atoms with Crippen LogP contribution in [0.15, 0.2) is 61.6 Å². The topological polar surface area (TPSA) is 83.8 Å². The molecular weight excluding hydrogens is 407 g/mol. The molecule has 0 aliphatic heterocycles. The summed E-state index contributed by atoms with van der Waals surface area (Å²) in [5.74, 6) is -0.556. The highest BCUT2D eigenvalue weighted by molar-refractivity contribution is 6.31. The summed E-state index contributed by atoms with van der Waals surface area (Å²) < 4.78 is 23.5. The monoisotopic (exact) mass is 426 g/mol. The van der Waals surface area contributed by atoms with E-state index in [2.05, 4.69) is 15.1 Å². The second kappa shape index (κ2) is 8.64. The molecule has 7 nitrogen and oxygen atoms in total. The lowest BCUT2D eigenvalue weighted by Gasteiger charge is -2.17. The smallest absolute Gasteiger partial charge is 0.151 e. The molecular formula is C21H20ClFN6O. The number of nitrogens with zero attached hydrogens (tertiary/aromatic N) is 5. The van der Waals surface area contributed by atoms with Crippen LogP contribution in [0.3, 0.4) is 0 Å². The molecule has 0 radical (unpaired) electrons. The van der Waals surface area contributed by atoms with Gasteiger partial charge in [0, 0.05) is 55.3 Å². The molecule has 0 bridgehead atoms. The highest BCUT2D eigenvalue weighted by Gasteiger charge is 2.19. The molecule has 0 fully saturated rings. The van der Waals surface area contributed by atoms with E-state index in [0.29, 0.717) is 24.3 Å². The average Bonchev–Trinajstić information content (AvgIpc) is 3.44. The summed E-state index contributed by atoms with van der Waals surface area (Å²) in [4.78, 5) is 8.63. The van der Waals surface area contributed by atoms with Crippen molar-refractivity contribution in [2.75, 3.05) is 19.5 Å². The van der Waals surface area contributed by atoms with E-state index in [0.717, 1.165) is 11.4 Å². The number of halogens is 2. The lowest BCUT2D eigenvalue weighted by molar-refractivity contribution is 0.181. The Morgan fingerprint density at radius 3 is 2.80 bits per heavy atom. The molecule has 4 rings (SSSR count). The van der Waals surface area contributed by atoms with Gasteiger partial charge in [-0.3, -0.25) is 9.67 Å². The van der Waals surface area contributed by atoms with E-state index in [-0.39, 0.29) is 16.6 Å². The van der Waals surface area contributed by atoms with Crippen LogP contribution in [0.2, 0.25) is 5.02 Å². The third-order valence-corrected chi connectivity index (χ3v) is 5.14. The van der Waals surface area contributed by atoms with Gasteiger partial charge in [0.1, 0.15) is 0 Å². The van der Waals surface area contributed by atoms with Crippen LogP contribution in [0, 0.1) is 5.82 Å². The molecule has 1 unspecified atom stereocenters. The lowest BCUT2D eigenvalue weighted by Crippen LogP contribution is -2.15. The van der Waals surface area contributed by atoms with Gasteiger partial charge < -0.3 is 15.0 Å². The minimum atomic E-state index is -0.556. The molecule has 30 heavy (non-hydrogen) atoms. The number of nitrogens with two attached hydrogens (primary N) is 1. The summed E-state index contributed by atoms with van der Waals surface area (Å²) in [5, 5.41) is 4.52. The second-order valence-corrected chi connectivity index (χ2v) is 7.15. The number of anilines is 1. The van der Waals surface area contributed by atoms with Crippen molar-refractivity contribution < 1.29 is 9.13 Å². The van der Waals surface area contributed by atoms with Crippen LogP contribution in [0.4, 0.5) is 10.1 Å². The van der Waals surface area contributed by atoms with Gasteiger partial charge in [0.05, 0.1) is 35.0 Å². The summed E-state index contributed by atoms with van der Waals surface area (Å²) >= 11 is 5.92. The summed E-state index contributed by atoms with van der Waals surface area (Å²) in [6, 6.07) is 6.49. The number of aromatic nitrogens is 5. The molecule has 9 heteroatoms. The Kier molecular flexibility index (Phi) is 5.78. The highest BCUT2D eigenvalue weighted by Crippen LogP contribution is 2.33. The van der Waals surface area contributed by atoms with E-state index in [1.807, 2.05) is 27.7 Å². The SMILES string of the molecule is COCCC(c1ccc(-c2c(N)ccc(Cl)c2F)cn1)n1cc(-n2ccnc2)cn1. The standard InChI is InChI=1S/C21H20ClFN6O/c1-30-9-6-19(29-12-15(11-27-29)28-8-7-25-13-28)18-5-2-14(10-26-18)20-17(24)4-3-16(22)21(20)23/h2-5,7-8,10-13,19H,6,9,24H2,1H3. The predicted octanol–water partition coefficient (Wildman–Crippen LogP) is 4.13. The molecule has 154 valence electrons. The van der Waals surface area contributed by atoms with Crippen molar-refractivity contribution in [3.05, 3.63) is 78.1 Å². The number of nitrogen functional groups attached to an aromatic ring is 1. The second-order valence-electron chi connectivity index (χ2n) is 6.74. The number of imidazole rings is 1. The fourth-order valence-electron chi connectivity index (χ4n) is 3.30. The van der Waals surface area contributed by atoms with Crippen LogP contribution in [-0.2, 0) is 4.74 Å². The number of hydrogen-bond acceptors (Lipinski definition) is 5. The van der Waals surface area contributed by atoms with Crippen LogP contribution in [-0.4, -0.2) is 38.0 Å². The fraction of sp³-hybridized carbons (Fsp3) is 0.190. The third-order valence-electron chi connectivity index (χ3n) is 4.85. The van der Waals surface area contributed by atoms with Gasteiger partial charge in [-0.25, -0.2) is 9.37 Å². The van der Waals surface area contributed by atoms with E-state index >= 15 is 0 Å². The number of methoxy groups -OCH3 is 1. The van der Waals surface area contributed by atoms with Crippen molar-refractivity contribution in [3.8, 4) is 16.8 Å². The minimum absolute atomic E-state index is 0.0184. The Morgan fingerprint density at radius 1 is 1.23 bits per heavy atom.